The second kappa shape index (κ2) is 1.71. The average molecular weight is 149 g/mol. The predicted octanol–water partition coefficient (Wildman–Crippen LogP) is 1.83. The van der Waals surface area contributed by atoms with Crippen molar-refractivity contribution in [1.29, 1.82) is 0 Å². The lowest BCUT2D eigenvalue weighted by molar-refractivity contribution is 0.136. The van der Waals surface area contributed by atoms with Gasteiger partial charge in [-0.05, 0) is 43.9 Å². The zero-order valence-corrected chi connectivity index (χ0v) is 6.84. The summed E-state index contributed by atoms with van der Waals surface area (Å²) in [7, 11) is 0. The monoisotopic (exact) mass is 149 g/mol. The molecule has 1 nitrogen and oxygen atoms in total. The van der Waals surface area contributed by atoms with E-state index in [-0.39, 0.29) is 5.54 Å². The minimum Gasteiger partial charge on any atom is -0.325 e. The molecule has 0 aromatic rings. The van der Waals surface area contributed by atoms with Crippen LogP contribution in [0.15, 0.2) is 11.6 Å². The molecule has 2 N–H and O–H groups in total. The molecule has 4 aliphatic carbocycles. The van der Waals surface area contributed by atoms with Gasteiger partial charge in [-0.15, -0.1) is 0 Å². The van der Waals surface area contributed by atoms with Crippen molar-refractivity contribution < 1.29 is 0 Å². The zero-order valence-electron chi connectivity index (χ0n) is 6.84. The maximum atomic E-state index is 6.28. The lowest BCUT2D eigenvalue weighted by Gasteiger charge is -2.50. The maximum absolute atomic E-state index is 6.28. The molecule has 2 fully saturated rings. The lowest BCUT2D eigenvalue weighted by Crippen LogP contribution is -2.52. The molecule has 0 aliphatic heterocycles. The van der Waals surface area contributed by atoms with Gasteiger partial charge in [0.1, 0.15) is 0 Å². The standard InChI is InChI=1S/C10H15N/c11-10-4-7-1-8(5-10)3-9(2-7)6-10/h1,7,9H,2-6,11H2/t7?,9-,10?/m1/s1. The average Bonchev–Trinajstić information content (AvgIpc) is 1.79. The first kappa shape index (κ1) is 6.24. The second-order valence-corrected chi connectivity index (χ2v) is 4.84. The van der Waals surface area contributed by atoms with Gasteiger partial charge in [-0.3, -0.25) is 0 Å². The summed E-state index contributed by atoms with van der Waals surface area (Å²) in [5, 5.41) is 0. The van der Waals surface area contributed by atoms with Crippen molar-refractivity contribution in [2.24, 2.45) is 17.6 Å². The first-order valence-electron chi connectivity index (χ1n) is 4.72. The molecule has 0 amide bonds. The normalized spacial score (nSPS) is 53.0. The molecule has 4 aliphatic rings. The molecule has 2 unspecified atom stereocenters. The topological polar surface area (TPSA) is 26.0 Å². The van der Waals surface area contributed by atoms with Crippen molar-refractivity contribution in [3.05, 3.63) is 11.6 Å². The van der Waals surface area contributed by atoms with Crippen molar-refractivity contribution in [3.63, 3.8) is 0 Å². The van der Waals surface area contributed by atoms with Gasteiger partial charge < -0.3 is 5.73 Å². The van der Waals surface area contributed by atoms with Crippen molar-refractivity contribution in [2.75, 3.05) is 0 Å². The second-order valence-electron chi connectivity index (χ2n) is 4.84. The van der Waals surface area contributed by atoms with Crippen LogP contribution in [0.4, 0.5) is 0 Å². The summed E-state index contributed by atoms with van der Waals surface area (Å²) >= 11 is 0. The number of nitrogens with two attached hydrogens (primary N) is 1. The highest BCUT2D eigenvalue weighted by molar-refractivity contribution is 5.23. The summed E-state index contributed by atoms with van der Waals surface area (Å²) in [5.41, 5.74) is 8.18. The van der Waals surface area contributed by atoms with Crippen LogP contribution in [0.5, 0.6) is 0 Å². The minimum atomic E-state index is 0.232. The van der Waals surface area contributed by atoms with Crippen LogP contribution in [0.1, 0.15) is 32.1 Å². The Labute approximate surface area is 67.7 Å². The maximum Gasteiger partial charge on any atom is 0.0200 e. The Morgan fingerprint density at radius 2 is 2.36 bits per heavy atom. The molecule has 0 heterocycles. The van der Waals surface area contributed by atoms with Crippen LogP contribution in [-0.4, -0.2) is 5.54 Å². The van der Waals surface area contributed by atoms with E-state index < -0.39 is 0 Å². The Balaban J connectivity index is 2.06. The SMILES string of the molecule is NC12CC3=CC(C[C@H](C3)C1)C2. The Morgan fingerprint density at radius 3 is 3.00 bits per heavy atom. The fraction of sp³-hybridized carbons (Fsp3) is 0.800. The Kier molecular flexibility index (Phi) is 0.972. The number of rotatable bonds is 0. The van der Waals surface area contributed by atoms with Gasteiger partial charge in [0.2, 0.25) is 0 Å². The van der Waals surface area contributed by atoms with E-state index in [1.165, 1.54) is 32.1 Å². The smallest absolute Gasteiger partial charge is 0.0200 e. The fourth-order valence-corrected chi connectivity index (χ4v) is 3.56. The van der Waals surface area contributed by atoms with Gasteiger partial charge in [0, 0.05) is 5.54 Å². The Hall–Kier alpha value is -0.300. The van der Waals surface area contributed by atoms with Crippen LogP contribution < -0.4 is 5.73 Å². The van der Waals surface area contributed by atoms with E-state index in [1.54, 1.807) is 5.57 Å². The van der Waals surface area contributed by atoms with E-state index in [4.69, 9.17) is 5.73 Å². The molecular weight excluding hydrogens is 134 g/mol. The van der Waals surface area contributed by atoms with Crippen LogP contribution in [0.2, 0.25) is 0 Å². The van der Waals surface area contributed by atoms with Crippen molar-refractivity contribution in [3.8, 4) is 0 Å². The summed E-state index contributed by atoms with van der Waals surface area (Å²) in [6.45, 7) is 0. The summed E-state index contributed by atoms with van der Waals surface area (Å²) < 4.78 is 0. The molecule has 0 aromatic carbocycles. The van der Waals surface area contributed by atoms with E-state index in [9.17, 15) is 0 Å². The molecular formula is C10H15N. The van der Waals surface area contributed by atoms with Gasteiger partial charge in [-0.25, -0.2) is 0 Å². The minimum absolute atomic E-state index is 0.232. The summed E-state index contributed by atoms with van der Waals surface area (Å²) in [5.74, 6) is 1.81. The molecule has 4 bridgehead atoms. The van der Waals surface area contributed by atoms with Crippen LogP contribution in [0.25, 0.3) is 0 Å². The Bertz CT molecular complexity index is 231. The molecule has 4 rings (SSSR count). The van der Waals surface area contributed by atoms with Gasteiger partial charge in [0.25, 0.3) is 0 Å². The third kappa shape index (κ3) is 0.807. The van der Waals surface area contributed by atoms with Crippen LogP contribution in [-0.2, 0) is 0 Å². The van der Waals surface area contributed by atoms with Gasteiger partial charge in [0.05, 0.1) is 0 Å². The largest absolute Gasteiger partial charge is 0.325 e. The third-order valence-electron chi connectivity index (χ3n) is 3.60. The molecule has 60 valence electrons. The molecule has 2 saturated carbocycles. The fourth-order valence-electron chi connectivity index (χ4n) is 3.56. The molecule has 0 aromatic heterocycles. The highest BCUT2D eigenvalue weighted by atomic mass is 14.8. The van der Waals surface area contributed by atoms with E-state index in [0.29, 0.717) is 0 Å². The molecule has 0 spiro atoms. The number of hydrogen-bond donors (Lipinski definition) is 1. The first-order chi connectivity index (χ1) is 5.23. The van der Waals surface area contributed by atoms with E-state index in [2.05, 4.69) is 6.08 Å². The van der Waals surface area contributed by atoms with E-state index >= 15 is 0 Å². The quantitative estimate of drug-likeness (QED) is 0.522. The van der Waals surface area contributed by atoms with Crippen molar-refractivity contribution in [1.82, 2.24) is 0 Å². The van der Waals surface area contributed by atoms with Crippen molar-refractivity contribution >= 4 is 0 Å². The highest BCUT2D eigenvalue weighted by Crippen LogP contribution is 2.51. The van der Waals surface area contributed by atoms with E-state index in [0.717, 1.165) is 11.8 Å². The molecule has 0 saturated heterocycles. The van der Waals surface area contributed by atoms with Crippen LogP contribution >= 0.6 is 0 Å². The summed E-state index contributed by atoms with van der Waals surface area (Å²) in [4.78, 5) is 0. The van der Waals surface area contributed by atoms with Crippen LogP contribution in [0, 0.1) is 11.8 Å². The van der Waals surface area contributed by atoms with E-state index in [1.807, 2.05) is 0 Å². The number of allylic oxidation sites excluding steroid dienone is 1. The van der Waals surface area contributed by atoms with Gasteiger partial charge in [-0.1, -0.05) is 11.6 Å². The summed E-state index contributed by atoms with van der Waals surface area (Å²) in [6, 6.07) is 0. The highest BCUT2D eigenvalue weighted by Gasteiger charge is 2.44. The van der Waals surface area contributed by atoms with Crippen molar-refractivity contribution in [2.45, 2.75) is 37.6 Å². The van der Waals surface area contributed by atoms with Crippen LogP contribution in [0.3, 0.4) is 0 Å². The predicted molar refractivity (Wildman–Crippen MR) is 45.1 cm³/mol. The molecule has 11 heavy (non-hydrogen) atoms. The van der Waals surface area contributed by atoms with Gasteiger partial charge in [0.15, 0.2) is 0 Å². The van der Waals surface area contributed by atoms with Gasteiger partial charge >= 0.3 is 0 Å². The number of hydrogen-bond acceptors (Lipinski definition) is 1. The molecule has 3 atom stereocenters. The Morgan fingerprint density at radius 1 is 1.45 bits per heavy atom. The van der Waals surface area contributed by atoms with Gasteiger partial charge in [-0.2, -0.15) is 0 Å². The first-order valence-corrected chi connectivity index (χ1v) is 4.72. The zero-order chi connectivity index (χ0) is 7.47. The molecule has 0 radical (unpaired) electrons. The third-order valence-corrected chi connectivity index (χ3v) is 3.60. The summed E-state index contributed by atoms with van der Waals surface area (Å²) in [6.07, 6.45) is 9.09. The molecule has 1 heteroatoms. The lowest BCUT2D eigenvalue weighted by atomic mass is 9.58.